The Kier molecular flexibility index (Phi) is 5.25. The Morgan fingerprint density at radius 3 is 1.94 bits per heavy atom. The van der Waals surface area contributed by atoms with Crippen molar-refractivity contribution in [3.05, 3.63) is 59.2 Å². The SMILES string of the molecule is CCc1ccc(O)cc1.Cc1ccc(O)c(C)c1. The van der Waals surface area contributed by atoms with Crippen molar-refractivity contribution in [1.82, 2.24) is 0 Å². The van der Waals surface area contributed by atoms with Gasteiger partial charge in [-0.25, -0.2) is 0 Å². The van der Waals surface area contributed by atoms with Crippen LogP contribution < -0.4 is 0 Å². The van der Waals surface area contributed by atoms with Gasteiger partial charge in [-0.05, 0) is 49.6 Å². The molecule has 0 atom stereocenters. The minimum Gasteiger partial charge on any atom is -0.508 e. The first-order valence-corrected chi connectivity index (χ1v) is 6.07. The van der Waals surface area contributed by atoms with Crippen LogP contribution in [-0.4, -0.2) is 10.2 Å². The van der Waals surface area contributed by atoms with Gasteiger partial charge in [0.25, 0.3) is 0 Å². The van der Waals surface area contributed by atoms with Gasteiger partial charge in [-0.15, -0.1) is 0 Å². The molecule has 0 saturated carbocycles. The molecular weight excluding hydrogens is 224 g/mol. The summed E-state index contributed by atoms with van der Waals surface area (Å²) in [5.41, 5.74) is 3.38. The van der Waals surface area contributed by atoms with Gasteiger partial charge in [-0.3, -0.25) is 0 Å². The maximum absolute atomic E-state index is 9.04. The lowest BCUT2D eigenvalue weighted by atomic mass is 10.1. The van der Waals surface area contributed by atoms with Crippen LogP contribution in [0.25, 0.3) is 0 Å². The van der Waals surface area contributed by atoms with Crippen molar-refractivity contribution in [2.75, 3.05) is 0 Å². The van der Waals surface area contributed by atoms with E-state index in [0.29, 0.717) is 11.5 Å². The molecular formula is C16H20O2. The molecule has 0 aliphatic heterocycles. The van der Waals surface area contributed by atoms with E-state index in [1.165, 1.54) is 11.1 Å². The summed E-state index contributed by atoms with van der Waals surface area (Å²) in [7, 11) is 0. The Morgan fingerprint density at radius 2 is 1.50 bits per heavy atom. The van der Waals surface area contributed by atoms with Crippen LogP contribution in [0.15, 0.2) is 42.5 Å². The first-order valence-electron chi connectivity index (χ1n) is 6.07. The van der Waals surface area contributed by atoms with Gasteiger partial charge in [0.2, 0.25) is 0 Å². The van der Waals surface area contributed by atoms with Gasteiger partial charge < -0.3 is 10.2 Å². The van der Waals surface area contributed by atoms with E-state index in [4.69, 9.17) is 10.2 Å². The molecule has 0 spiro atoms. The maximum atomic E-state index is 9.04. The number of hydrogen-bond donors (Lipinski definition) is 2. The maximum Gasteiger partial charge on any atom is 0.118 e. The summed E-state index contributed by atoms with van der Waals surface area (Å²) < 4.78 is 0. The van der Waals surface area contributed by atoms with Crippen LogP contribution >= 0.6 is 0 Å². The predicted octanol–water partition coefficient (Wildman–Crippen LogP) is 3.96. The fourth-order valence-electron chi connectivity index (χ4n) is 1.54. The van der Waals surface area contributed by atoms with Crippen molar-refractivity contribution in [1.29, 1.82) is 0 Å². The quantitative estimate of drug-likeness (QED) is 0.797. The Labute approximate surface area is 109 Å². The van der Waals surface area contributed by atoms with Crippen LogP contribution in [-0.2, 0) is 6.42 Å². The topological polar surface area (TPSA) is 40.5 Å². The molecule has 2 heteroatoms. The Balaban J connectivity index is 0.000000180. The minimum atomic E-state index is 0.340. The normalized spacial score (nSPS) is 9.50. The molecule has 0 amide bonds. The molecule has 2 rings (SSSR count). The second-order valence-corrected chi connectivity index (χ2v) is 4.31. The largest absolute Gasteiger partial charge is 0.508 e. The third kappa shape index (κ3) is 4.50. The van der Waals surface area contributed by atoms with E-state index in [1.54, 1.807) is 18.2 Å². The van der Waals surface area contributed by atoms with Gasteiger partial charge in [0.1, 0.15) is 11.5 Å². The molecule has 0 bridgehead atoms. The van der Waals surface area contributed by atoms with Crippen molar-refractivity contribution in [2.24, 2.45) is 0 Å². The van der Waals surface area contributed by atoms with Crippen LogP contribution in [0, 0.1) is 13.8 Å². The lowest BCUT2D eigenvalue weighted by Crippen LogP contribution is -1.75. The van der Waals surface area contributed by atoms with Gasteiger partial charge in [0.05, 0.1) is 0 Å². The lowest BCUT2D eigenvalue weighted by molar-refractivity contribution is 0.471. The van der Waals surface area contributed by atoms with E-state index in [2.05, 4.69) is 6.92 Å². The van der Waals surface area contributed by atoms with Crippen molar-refractivity contribution in [2.45, 2.75) is 27.2 Å². The van der Waals surface area contributed by atoms with E-state index in [0.717, 1.165) is 12.0 Å². The standard InChI is InChI=1S/2C8H10O/c1-6-3-4-8(9)7(2)5-6;1-2-7-3-5-8(9)6-4-7/h3-5,9H,1-2H3;3-6,9H,2H2,1H3. The van der Waals surface area contributed by atoms with Crippen LogP contribution in [0.4, 0.5) is 0 Å². The summed E-state index contributed by atoms with van der Waals surface area (Å²) in [5.74, 6) is 0.716. The molecule has 0 aliphatic carbocycles. The molecule has 0 unspecified atom stereocenters. The van der Waals surface area contributed by atoms with Crippen LogP contribution in [0.2, 0.25) is 0 Å². The van der Waals surface area contributed by atoms with Crippen molar-refractivity contribution in [3.8, 4) is 11.5 Å². The van der Waals surface area contributed by atoms with Crippen molar-refractivity contribution >= 4 is 0 Å². The molecule has 0 saturated heterocycles. The number of benzene rings is 2. The number of phenols is 2. The molecule has 2 aromatic rings. The summed E-state index contributed by atoms with van der Waals surface area (Å²) in [6.07, 6.45) is 1.03. The van der Waals surface area contributed by atoms with Gasteiger partial charge in [-0.1, -0.05) is 36.8 Å². The monoisotopic (exact) mass is 244 g/mol. The smallest absolute Gasteiger partial charge is 0.118 e. The zero-order valence-corrected chi connectivity index (χ0v) is 11.1. The zero-order chi connectivity index (χ0) is 13.5. The minimum absolute atomic E-state index is 0.340. The van der Waals surface area contributed by atoms with Gasteiger partial charge in [0, 0.05) is 0 Å². The number of hydrogen-bond acceptors (Lipinski definition) is 2. The lowest BCUT2D eigenvalue weighted by Gasteiger charge is -1.97. The number of rotatable bonds is 1. The van der Waals surface area contributed by atoms with Crippen LogP contribution in [0.1, 0.15) is 23.6 Å². The average Bonchev–Trinajstić information content (AvgIpc) is 2.36. The fraction of sp³-hybridized carbons (Fsp3) is 0.250. The van der Waals surface area contributed by atoms with E-state index >= 15 is 0 Å². The fourth-order valence-corrected chi connectivity index (χ4v) is 1.54. The van der Waals surface area contributed by atoms with Crippen molar-refractivity contribution < 1.29 is 10.2 Å². The number of phenolic OH excluding ortho intramolecular Hbond substituents is 2. The molecule has 2 nitrogen and oxygen atoms in total. The van der Waals surface area contributed by atoms with E-state index in [-0.39, 0.29) is 0 Å². The second-order valence-electron chi connectivity index (χ2n) is 4.31. The predicted molar refractivity (Wildman–Crippen MR) is 75.1 cm³/mol. The summed E-state index contributed by atoms with van der Waals surface area (Å²) in [5, 5.41) is 17.9. The van der Waals surface area contributed by atoms with E-state index < -0.39 is 0 Å². The Bertz CT molecular complexity index is 487. The average molecular weight is 244 g/mol. The third-order valence-electron chi connectivity index (χ3n) is 2.70. The summed E-state index contributed by atoms with van der Waals surface area (Å²) in [6, 6.07) is 12.8. The first-order chi connectivity index (χ1) is 8.52. The molecule has 96 valence electrons. The zero-order valence-electron chi connectivity index (χ0n) is 11.1. The number of aromatic hydroxyl groups is 2. The highest BCUT2D eigenvalue weighted by Gasteiger charge is 1.91. The summed E-state index contributed by atoms with van der Waals surface area (Å²) in [4.78, 5) is 0. The molecule has 2 aromatic carbocycles. The van der Waals surface area contributed by atoms with Gasteiger partial charge >= 0.3 is 0 Å². The third-order valence-corrected chi connectivity index (χ3v) is 2.70. The Hall–Kier alpha value is -1.96. The molecule has 0 aromatic heterocycles. The second kappa shape index (κ2) is 6.70. The van der Waals surface area contributed by atoms with Gasteiger partial charge in [-0.2, -0.15) is 0 Å². The molecule has 0 aliphatic rings. The molecule has 0 fully saturated rings. The highest BCUT2D eigenvalue weighted by Crippen LogP contribution is 2.15. The molecule has 18 heavy (non-hydrogen) atoms. The van der Waals surface area contributed by atoms with E-state index in [1.807, 2.05) is 38.1 Å². The molecule has 0 radical (unpaired) electrons. The highest BCUT2D eigenvalue weighted by molar-refractivity contribution is 5.34. The van der Waals surface area contributed by atoms with Gasteiger partial charge in [0.15, 0.2) is 0 Å². The van der Waals surface area contributed by atoms with Crippen molar-refractivity contribution in [3.63, 3.8) is 0 Å². The summed E-state index contributed by atoms with van der Waals surface area (Å²) in [6.45, 7) is 5.99. The van der Waals surface area contributed by atoms with Crippen LogP contribution in [0.3, 0.4) is 0 Å². The Morgan fingerprint density at radius 1 is 0.889 bits per heavy atom. The first kappa shape index (κ1) is 14.1. The summed E-state index contributed by atoms with van der Waals surface area (Å²) >= 11 is 0. The number of aryl methyl sites for hydroxylation is 3. The van der Waals surface area contributed by atoms with E-state index in [9.17, 15) is 0 Å². The van der Waals surface area contributed by atoms with Crippen LogP contribution in [0.5, 0.6) is 11.5 Å². The molecule has 0 heterocycles. The molecule has 2 N–H and O–H groups in total. The highest BCUT2D eigenvalue weighted by atomic mass is 16.3.